The molecule has 1 aliphatic rings. The molecule has 3 nitrogen and oxygen atoms in total. The van der Waals surface area contributed by atoms with E-state index in [9.17, 15) is 13.9 Å². The van der Waals surface area contributed by atoms with Crippen LogP contribution in [0, 0.1) is 17.6 Å². The van der Waals surface area contributed by atoms with Crippen LogP contribution in [-0.2, 0) is 0 Å². The molecule has 2 N–H and O–H groups in total. The standard InChI is InChI=1S/C15H21F2NO2/c16-13-7-12(8-14(17)9-13)15(20)3-4-18(5-6-19)10-11-1-2-11/h7-9,11,15,19-20H,1-6,10H2. The van der Waals surface area contributed by atoms with Gasteiger partial charge in [-0.3, -0.25) is 0 Å². The molecule has 0 saturated heterocycles. The molecule has 0 aromatic heterocycles. The first-order valence-electron chi connectivity index (χ1n) is 7.05. The SMILES string of the molecule is OCCN(CCC(O)c1cc(F)cc(F)c1)CC1CC1. The van der Waals surface area contributed by atoms with Gasteiger partial charge in [-0.05, 0) is 42.9 Å². The maximum absolute atomic E-state index is 13.1. The summed E-state index contributed by atoms with van der Waals surface area (Å²) in [6, 6.07) is 3.11. The maximum atomic E-state index is 13.1. The van der Waals surface area contributed by atoms with Crippen LogP contribution in [0.2, 0.25) is 0 Å². The maximum Gasteiger partial charge on any atom is 0.126 e. The summed E-state index contributed by atoms with van der Waals surface area (Å²) in [7, 11) is 0. The average molecular weight is 285 g/mol. The molecule has 1 saturated carbocycles. The monoisotopic (exact) mass is 285 g/mol. The first-order valence-corrected chi connectivity index (χ1v) is 7.05. The highest BCUT2D eigenvalue weighted by molar-refractivity contribution is 5.20. The quantitative estimate of drug-likeness (QED) is 0.768. The highest BCUT2D eigenvalue weighted by atomic mass is 19.1. The first kappa shape index (κ1) is 15.4. The number of hydrogen-bond acceptors (Lipinski definition) is 3. The molecule has 2 rings (SSSR count). The number of aliphatic hydroxyl groups is 2. The van der Waals surface area contributed by atoms with Crippen LogP contribution in [0.15, 0.2) is 18.2 Å². The van der Waals surface area contributed by atoms with Gasteiger partial charge in [0.25, 0.3) is 0 Å². The number of rotatable bonds is 8. The van der Waals surface area contributed by atoms with Crippen LogP contribution >= 0.6 is 0 Å². The average Bonchev–Trinajstić information content (AvgIpc) is 3.18. The summed E-state index contributed by atoms with van der Waals surface area (Å²) in [4.78, 5) is 2.09. The lowest BCUT2D eigenvalue weighted by Crippen LogP contribution is -2.31. The van der Waals surface area contributed by atoms with Crippen LogP contribution in [0.25, 0.3) is 0 Å². The van der Waals surface area contributed by atoms with Gasteiger partial charge in [0, 0.05) is 25.7 Å². The fraction of sp³-hybridized carbons (Fsp3) is 0.600. The number of halogens is 2. The van der Waals surface area contributed by atoms with E-state index in [0.717, 1.165) is 24.7 Å². The lowest BCUT2D eigenvalue weighted by molar-refractivity contribution is 0.128. The molecular formula is C15H21F2NO2. The predicted octanol–water partition coefficient (Wildman–Crippen LogP) is 2.09. The molecule has 0 amide bonds. The van der Waals surface area contributed by atoms with E-state index in [1.165, 1.54) is 12.8 Å². The summed E-state index contributed by atoms with van der Waals surface area (Å²) in [5.41, 5.74) is 0.262. The van der Waals surface area contributed by atoms with Crippen molar-refractivity contribution in [2.24, 2.45) is 5.92 Å². The summed E-state index contributed by atoms with van der Waals surface area (Å²) in [6.07, 6.45) is 1.95. The van der Waals surface area contributed by atoms with E-state index < -0.39 is 17.7 Å². The second-order valence-corrected chi connectivity index (χ2v) is 5.47. The topological polar surface area (TPSA) is 43.7 Å². The minimum absolute atomic E-state index is 0.0808. The lowest BCUT2D eigenvalue weighted by Gasteiger charge is -2.22. The molecule has 0 aliphatic heterocycles. The van der Waals surface area contributed by atoms with Crippen LogP contribution in [0.4, 0.5) is 8.78 Å². The normalized spacial score (nSPS) is 16.6. The van der Waals surface area contributed by atoms with E-state index in [4.69, 9.17) is 5.11 Å². The highest BCUT2D eigenvalue weighted by Crippen LogP contribution is 2.30. The molecule has 1 aromatic rings. The van der Waals surface area contributed by atoms with Gasteiger partial charge < -0.3 is 15.1 Å². The van der Waals surface area contributed by atoms with Crippen molar-refractivity contribution in [3.05, 3.63) is 35.4 Å². The van der Waals surface area contributed by atoms with Crippen molar-refractivity contribution in [1.82, 2.24) is 4.90 Å². The Bertz CT molecular complexity index is 418. The van der Waals surface area contributed by atoms with Gasteiger partial charge in [0.05, 0.1) is 12.7 Å². The van der Waals surface area contributed by atoms with Crippen molar-refractivity contribution in [2.75, 3.05) is 26.2 Å². The third-order valence-corrected chi connectivity index (χ3v) is 3.62. The van der Waals surface area contributed by atoms with E-state index in [1.807, 2.05) is 0 Å². The van der Waals surface area contributed by atoms with Crippen LogP contribution in [-0.4, -0.2) is 41.4 Å². The molecule has 1 aromatic carbocycles. The molecule has 112 valence electrons. The van der Waals surface area contributed by atoms with E-state index in [0.29, 0.717) is 25.4 Å². The van der Waals surface area contributed by atoms with Gasteiger partial charge in [-0.15, -0.1) is 0 Å². The summed E-state index contributed by atoms with van der Waals surface area (Å²) in [5.74, 6) is -0.654. The number of hydrogen-bond donors (Lipinski definition) is 2. The largest absolute Gasteiger partial charge is 0.395 e. The van der Waals surface area contributed by atoms with Crippen LogP contribution in [0.5, 0.6) is 0 Å². The summed E-state index contributed by atoms with van der Waals surface area (Å²) < 4.78 is 26.2. The number of aliphatic hydroxyl groups excluding tert-OH is 2. The van der Waals surface area contributed by atoms with Gasteiger partial charge in [0.2, 0.25) is 0 Å². The molecule has 1 unspecified atom stereocenters. The zero-order chi connectivity index (χ0) is 14.5. The van der Waals surface area contributed by atoms with E-state index in [2.05, 4.69) is 4.90 Å². The van der Waals surface area contributed by atoms with E-state index >= 15 is 0 Å². The fourth-order valence-corrected chi connectivity index (χ4v) is 2.34. The number of benzene rings is 1. The van der Waals surface area contributed by atoms with Gasteiger partial charge in [0.15, 0.2) is 0 Å². The predicted molar refractivity (Wildman–Crippen MR) is 72.2 cm³/mol. The number of nitrogens with zero attached hydrogens (tertiary/aromatic N) is 1. The zero-order valence-electron chi connectivity index (χ0n) is 11.4. The van der Waals surface area contributed by atoms with Crippen LogP contribution < -0.4 is 0 Å². The van der Waals surface area contributed by atoms with Gasteiger partial charge in [-0.2, -0.15) is 0 Å². The molecule has 5 heteroatoms. The van der Waals surface area contributed by atoms with E-state index in [-0.39, 0.29) is 12.2 Å². The Kier molecular flexibility index (Phi) is 5.46. The molecule has 20 heavy (non-hydrogen) atoms. The van der Waals surface area contributed by atoms with Crippen molar-refractivity contribution in [2.45, 2.75) is 25.4 Å². The summed E-state index contributed by atoms with van der Waals surface area (Å²) in [6.45, 7) is 2.18. The Hall–Kier alpha value is -1.04. The van der Waals surface area contributed by atoms with E-state index in [1.54, 1.807) is 0 Å². The smallest absolute Gasteiger partial charge is 0.126 e. The van der Waals surface area contributed by atoms with Gasteiger partial charge in [-0.1, -0.05) is 0 Å². The zero-order valence-corrected chi connectivity index (χ0v) is 11.4. The Morgan fingerprint density at radius 1 is 1.15 bits per heavy atom. The third-order valence-electron chi connectivity index (χ3n) is 3.62. The summed E-state index contributed by atoms with van der Waals surface area (Å²) in [5, 5.41) is 19.0. The lowest BCUT2D eigenvalue weighted by atomic mass is 10.1. The van der Waals surface area contributed by atoms with Crippen LogP contribution in [0.1, 0.15) is 30.9 Å². The first-order chi connectivity index (χ1) is 9.58. The van der Waals surface area contributed by atoms with Gasteiger partial charge in [0.1, 0.15) is 11.6 Å². The molecule has 0 heterocycles. The fourth-order valence-electron chi connectivity index (χ4n) is 2.34. The van der Waals surface area contributed by atoms with Gasteiger partial charge >= 0.3 is 0 Å². The second kappa shape index (κ2) is 7.11. The molecule has 1 fully saturated rings. The van der Waals surface area contributed by atoms with Crippen molar-refractivity contribution in [1.29, 1.82) is 0 Å². The summed E-state index contributed by atoms with van der Waals surface area (Å²) >= 11 is 0. The van der Waals surface area contributed by atoms with Gasteiger partial charge in [-0.25, -0.2) is 8.78 Å². The van der Waals surface area contributed by atoms with Crippen molar-refractivity contribution < 1.29 is 19.0 Å². The Morgan fingerprint density at radius 3 is 2.35 bits per heavy atom. The Balaban J connectivity index is 1.86. The highest BCUT2D eigenvalue weighted by Gasteiger charge is 2.24. The second-order valence-electron chi connectivity index (χ2n) is 5.47. The molecule has 1 atom stereocenters. The Morgan fingerprint density at radius 2 is 1.80 bits per heavy atom. The molecule has 0 spiro atoms. The molecule has 0 radical (unpaired) electrons. The van der Waals surface area contributed by atoms with Crippen molar-refractivity contribution in [3.63, 3.8) is 0 Å². The molecule has 1 aliphatic carbocycles. The van der Waals surface area contributed by atoms with Crippen molar-refractivity contribution >= 4 is 0 Å². The minimum atomic E-state index is -0.888. The van der Waals surface area contributed by atoms with Crippen molar-refractivity contribution in [3.8, 4) is 0 Å². The third kappa shape index (κ3) is 4.81. The Labute approximate surface area is 117 Å². The minimum Gasteiger partial charge on any atom is -0.395 e. The molecular weight excluding hydrogens is 264 g/mol. The molecule has 0 bridgehead atoms. The van der Waals surface area contributed by atoms with Crippen LogP contribution in [0.3, 0.4) is 0 Å².